The number of aliphatic hydroxyl groups is 1. The number of hydrogen-bond acceptors (Lipinski definition) is 6. The number of para-hydroxylation sites is 1. The minimum atomic E-state index is -4.19. The van der Waals surface area contributed by atoms with E-state index in [4.69, 9.17) is 0 Å². The molecule has 2 atom stereocenters. The van der Waals surface area contributed by atoms with Gasteiger partial charge >= 0.3 is 6.09 Å². The van der Waals surface area contributed by atoms with Crippen LogP contribution in [-0.4, -0.2) is 65.3 Å². The Labute approximate surface area is 239 Å². The molecular weight excluding hydrogens is 546 g/mol. The van der Waals surface area contributed by atoms with Crippen molar-refractivity contribution in [2.75, 3.05) is 18.4 Å². The van der Waals surface area contributed by atoms with Crippen molar-refractivity contribution in [3.05, 3.63) is 89.5 Å². The van der Waals surface area contributed by atoms with Gasteiger partial charge in [0.15, 0.2) is 0 Å². The van der Waals surface area contributed by atoms with Crippen LogP contribution in [-0.2, 0) is 21.2 Å². The van der Waals surface area contributed by atoms with Gasteiger partial charge in [-0.1, -0.05) is 62.4 Å². The lowest BCUT2D eigenvalue weighted by Crippen LogP contribution is -2.50. The smallest absolute Gasteiger partial charge is 0.404 e. The Hall–Kier alpha value is -4.19. The first kappa shape index (κ1) is 29.8. The quantitative estimate of drug-likeness (QED) is 0.217. The van der Waals surface area contributed by atoms with Crippen LogP contribution in [0.1, 0.15) is 30.5 Å². The summed E-state index contributed by atoms with van der Waals surface area (Å²) < 4.78 is 29.0. The number of hydrogen-bond donors (Lipinski definition) is 5. The summed E-state index contributed by atoms with van der Waals surface area (Å²) in [5, 5.41) is 35.7. The molecule has 2 amide bonds. The molecule has 10 nitrogen and oxygen atoms in total. The second-order valence-electron chi connectivity index (χ2n) is 10.3. The first-order valence-electron chi connectivity index (χ1n) is 13.1. The van der Waals surface area contributed by atoms with E-state index >= 15 is 0 Å². The zero-order valence-corrected chi connectivity index (χ0v) is 23.5. The van der Waals surface area contributed by atoms with Crippen molar-refractivity contribution in [3.8, 4) is 5.75 Å². The number of fused-ring (bicyclic) bond motifs is 1. The lowest BCUT2D eigenvalue weighted by molar-refractivity contribution is -0.110. The zero-order chi connectivity index (χ0) is 29.7. The molecule has 5 N–H and O–H groups in total. The number of carboxylic acid groups (broad SMARTS) is 1. The maximum atomic E-state index is 13.9. The Bertz CT molecular complexity index is 1560. The summed E-state index contributed by atoms with van der Waals surface area (Å²) in [5.74, 6) is -0.566. The lowest BCUT2D eigenvalue weighted by atomic mass is 10.0. The molecule has 0 radical (unpaired) electrons. The zero-order valence-electron chi connectivity index (χ0n) is 22.7. The molecule has 2 unspecified atom stereocenters. The maximum Gasteiger partial charge on any atom is 0.404 e. The largest absolute Gasteiger partial charge is 0.507 e. The molecule has 1 aliphatic rings. The van der Waals surface area contributed by atoms with E-state index in [9.17, 15) is 33.3 Å². The third kappa shape index (κ3) is 7.12. The summed E-state index contributed by atoms with van der Waals surface area (Å²) in [6.45, 7) is 3.39. The van der Waals surface area contributed by atoms with Gasteiger partial charge in [0.1, 0.15) is 5.75 Å². The Morgan fingerprint density at radius 2 is 1.71 bits per heavy atom. The second kappa shape index (κ2) is 12.5. The summed E-state index contributed by atoms with van der Waals surface area (Å²) in [6, 6.07) is 18.8. The van der Waals surface area contributed by atoms with Gasteiger partial charge in [0.2, 0.25) is 10.0 Å². The van der Waals surface area contributed by atoms with Crippen LogP contribution < -0.4 is 10.6 Å². The number of nitrogens with one attached hydrogen (secondary N) is 2. The van der Waals surface area contributed by atoms with Crippen molar-refractivity contribution < 1.29 is 33.3 Å². The summed E-state index contributed by atoms with van der Waals surface area (Å²) in [4.78, 5) is 24.1. The summed E-state index contributed by atoms with van der Waals surface area (Å²) in [7, 11) is -4.19. The standard InChI is InChI=1S/C30H33N3O7S/c1-19(2)17-33(18-28(35)26(32-30(37)38)14-20-8-4-3-5-9-20)41(39,40)22-12-13-25-23(16-22)24(29(36)31-25)15-21-10-6-7-11-27(21)34/h3-13,15-16,19,26,28,32,34-35H,14,17-18H2,1-2H3,(H,31,36)(H,37,38)/b24-15-. The van der Waals surface area contributed by atoms with Crippen LogP contribution in [0.4, 0.5) is 10.5 Å². The average Bonchev–Trinajstić information content (AvgIpc) is 3.23. The van der Waals surface area contributed by atoms with E-state index in [1.54, 1.807) is 42.5 Å². The topological polar surface area (TPSA) is 156 Å². The highest BCUT2D eigenvalue weighted by molar-refractivity contribution is 7.89. The number of benzene rings is 3. The average molecular weight is 580 g/mol. The molecule has 0 saturated carbocycles. The van der Waals surface area contributed by atoms with Crippen molar-refractivity contribution in [1.82, 2.24) is 9.62 Å². The molecule has 4 rings (SSSR count). The van der Waals surface area contributed by atoms with Gasteiger partial charge in [0.25, 0.3) is 5.91 Å². The fourth-order valence-electron chi connectivity index (χ4n) is 4.71. The Kier molecular flexibility index (Phi) is 9.11. The summed E-state index contributed by atoms with van der Waals surface area (Å²) in [5.41, 5.74) is 2.17. The van der Waals surface area contributed by atoms with E-state index in [1.807, 2.05) is 19.9 Å². The molecule has 0 aliphatic carbocycles. The van der Waals surface area contributed by atoms with Gasteiger partial charge in [-0.2, -0.15) is 4.31 Å². The summed E-state index contributed by atoms with van der Waals surface area (Å²) >= 11 is 0. The molecule has 0 spiro atoms. The van der Waals surface area contributed by atoms with Crippen LogP contribution in [0.2, 0.25) is 0 Å². The van der Waals surface area contributed by atoms with E-state index in [-0.39, 0.29) is 41.6 Å². The highest BCUT2D eigenvalue weighted by Crippen LogP contribution is 2.36. The molecular formula is C30H33N3O7S. The van der Waals surface area contributed by atoms with Crippen molar-refractivity contribution in [3.63, 3.8) is 0 Å². The molecule has 0 bridgehead atoms. The van der Waals surface area contributed by atoms with Gasteiger partial charge in [0, 0.05) is 35.5 Å². The molecule has 0 aromatic heterocycles. The number of anilines is 1. The van der Waals surface area contributed by atoms with E-state index in [1.165, 1.54) is 30.3 Å². The van der Waals surface area contributed by atoms with Crippen molar-refractivity contribution >= 4 is 39.4 Å². The first-order valence-corrected chi connectivity index (χ1v) is 14.6. The van der Waals surface area contributed by atoms with E-state index in [0.29, 0.717) is 16.8 Å². The van der Waals surface area contributed by atoms with Gasteiger partial charge in [-0.15, -0.1) is 0 Å². The minimum absolute atomic E-state index is 0.0258. The maximum absolute atomic E-state index is 13.9. The number of phenols is 1. The number of phenolic OH excluding ortho intramolecular Hbond substituents is 1. The highest BCUT2D eigenvalue weighted by atomic mass is 32.2. The highest BCUT2D eigenvalue weighted by Gasteiger charge is 2.33. The Morgan fingerprint density at radius 1 is 1.02 bits per heavy atom. The molecule has 11 heteroatoms. The number of rotatable bonds is 11. The molecule has 216 valence electrons. The number of aliphatic hydroxyl groups excluding tert-OH is 1. The van der Waals surface area contributed by atoms with Gasteiger partial charge in [-0.3, -0.25) is 4.79 Å². The van der Waals surface area contributed by atoms with Gasteiger partial charge < -0.3 is 26.0 Å². The van der Waals surface area contributed by atoms with Crippen LogP contribution >= 0.6 is 0 Å². The predicted octanol–water partition coefficient (Wildman–Crippen LogP) is 3.77. The van der Waals surface area contributed by atoms with Gasteiger partial charge in [0.05, 0.1) is 17.0 Å². The monoisotopic (exact) mass is 579 g/mol. The number of nitrogens with zero attached hydrogens (tertiary/aromatic N) is 1. The minimum Gasteiger partial charge on any atom is -0.507 e. The summed E-state index contributed by atoms with van der Waals surface area (Å²) in [6.07, 6.45) is -1.03. The number of carbonyl (C=O) groups is 2. The predicted molar refractivity (Wildman–Crippen MR) is 156 cm³/mol. The van der Waals surface area contributed by atoms with Gasteiger partial charge in [-0.25, -0.2) is 13.2 Å². The van der Waals surface area contributed by atoms with E-state index in [0.717, 1.165) is 9.87 Å². The van der Waals surface area contributed by atoms with Crippen molar-refractivity contribution in [2.45, 2.75) is 37.3 Å². The fourth-order valence-corrected chi connectivity index (χ4v) is 6.36. The van der Waals surface area contributed by atoms with E-state index < -0.39 is 34.2 Å². The molecule has 3 aromatic carbocycles. The third-order valence-corrected chi connectivity index (χ3v) is 8.51. The first-order chi connectivity index (χ1) is 19.5. The molecule has 1 aliphatic heterocycles. The molecule has 41 heavy (non-hydrogen) atoms. The Morgan fingerprint density at radius 3 is 2.37 bits per heavy atom. The number of sulfonamides is 1. The lowest BCUT2D eigenvalue weighted by Gasteiger charge is -2.30. The van der Waals surface area contributed by atoms with Crippen LogP contribution in [0, 0.1) is 5.92 Å². The van der Waals surface area contributed by atoms with Crippen LogP contribution in [0.25, 0.3) is 11.6 Å². The Balaban J connectivity index is 1.66. The number of amides is 2. The fraction of sp³-hybridized carbons (Fsp3) is 0.267. The molecule has 1 heterocycles. The van der Waals surface area contributed by atoms with Crippen LogP contribution in [0.3, 0.4) is 0 Å². The third-order valence-electron chi connectivity index (χ3n) is 6.68. The normalized spacial score (nSPS) is 15.5. The van der Waals surface area contributed by atoms with E-state index in [2.05, 4.69) is 10.6 Å². The molecule has 0 fully saturated rings. The van der Waals surface area contributed by atoms with Crippen LogP contribution in [0.5, 0.6) is 5.75 Å². The number of aromatic hydroxyl groups is 1. The van der Waals surface area contributed by atoms with Crippen LogP contribution in [0.15, 0.2) is 77.7 Å². The molecule has 0 saturated heterocycles. The van der Waals surface area contributed by atoms with Crippen molar-refractivity contribution in [2.24, 2.45) is 5.92 Å². The number of carbonyl (C=O) groups excluding carboxylic acids is 1. The van der Waals surface area contributed by atoms with Gasteiger partial charge in [-0.05, 0) is 48.2 Å². The SMILES string of the molecule is CC(C)CN(CC(O)C(Cc1ccccc1)NC(=O)O)S(=O)(=O)c1ccc2c(c1)/C(=C/c1ccccc1O)C(=O)N2. The second-order valence-corrected chi connectivity index (χ2v) is 12.2. The van der Waals surface area contributed by atoms with Crippen molar-refractivity contribution in [1.29, 1.82) is 0 Å². The molecule has 3 aromatic rings.